The fourth-order valence-electron chi connectivity index (χ4n) is 2.35. The Hall–Kier alpha value is -2.55. The lowest BCUT2D eigenvalue weighted by atomic mass is 10.1. The minimum absolute atomic E-state index is 0.351. The van der Waals surface area contributed by atoms with Gasteiger partial charge in [0.2, 0.25) is 0 Å². The Morgan fingerprint density at radius 1 is 1.00 bits per heavy atom. The molecule has 0 fully saturated rings. The van der Waals surface area contributed by atoms with Crippen molar-refractivity contribution < 1.29 is 22.3 Å². The van der Waals surface area contributed by atoms with Gasteiger partial charge < -0.3 is 4.74 Å². The lowest BCUT2D eigenvalue weighted by molar-refractivity contribution is -0.253. The number of alkyl halides is 4. The number of rotatable bonds is 8. The first kappa shape index (κ1) is 20.8. The van der Waals surface area contributed by atoms with Gasteiger partial charge in [0.15, 0.2) is 0 Å². The highest BCUT2D eigenvalue weighted by Gasteiger charge is 2.43. The van der Waals surface area contributed by atoms with Gasteiger partial charge in [0.25, 0.3) is 0 Å². The van der Waals surface area contributed by atoms with Crippen molar-refractivity contribution in [3.8, 4) is 17.6 Å². The van der Waals surface area contributed by atoms with Gasteiger partial charge in [0.1, 0.15) is 11.4 Å². The fourth-order valence-corrected chi connectivity index (χ4v) is 2.35. The maximum atomic E-state index is 12.8. The molecule has 27 heavy (non-hydrogen) atoms. The number of pyridine rings is 1. The van der Waals surface area contributed by atoms with Gasteiger partial charge in [-0.2, -0.15) is 17.6 Å². The molecule has 0 aliphatic carbocycles. The van der Waals surface area contributed by atoms with Crippen molar-refractivity contribution in [2.24, 2.45) is 0 Å². The van der Waals surface area contributed by atoms with Crippen LogP contribution in [0.2, 0.25) is 0 Å². The normalized spacial score (nSPS) is 11.2. The average molecular weight is 379 g/mol. The number of nitrogens with zero attached hydrogens (tertiary/aromatic N) is 1. The van der Waals surface area contributed by atoms with E-state index in [1.165, 1.54) is 43.5 Å². The molecular weight excluding hydrogens is 358 g/mol. The van der Waals surface area contributed by atoms with E-state index >= 15 is 0 Å². The molecule has 0 spiro atoms. The van der Waals surface area contributed by atoms with E-state index in [4.69, 9.17) is 0 Å². The summed E-state index contributed by atoms with van der Waals surface area (Å²) in [6, 6.07) is 9.02. The third-order valence-electron chi connectivity index (χ3n) is 3.84. The predicted octanol–water partition coefficient (Wildman–Crippen LogP) is 5.84. The smallest absolute Gasteiger partial charge is 0.428 e. The van der Waals surface area contributed by atoms with Gasteiger partial charge >= 0.3 is 12.5 Å². The molecule has 0 N–H and O–H groups in total. The fraction of sp³-hybridized carbons (Fsp3) is 0.381. The summed E-state index contributed by atoms with van der Waals surface area (Å²) in [6.07, 6.45) is -0.826. The molecule has 0 aliphatic rings. The van der Waals surface area contributed by atoms with Crippen molar-refractivity contribution in [3.63, 3.8) is 0 Å². The Morgan fingerprint density at radius 2 is 1.74 bits per heavy atom. The first-order valence-electron chi connectivity index (χ1n) is 8.82. The van der Waals surface area contributed by atoms with Gasteiger partial charge in [-0.15, -0.1) is 0 Å². The van der Waals surface area contributed by atoms with Crippen LogP contribution in [0.4, 0.5) is 17.6 Å². The molecular formula is C21H21F4NO. The Balaban J connectivity index is 1.93. The summed E-state index contributed by atoms with van der Waals surface area (Å²) in [5.41, 5.74) is 2.29. The molecule has 1 heterocycles. The maximum Gasteiger partial charge on any atom is 0.461 e. The minimum Gasteiger partial charge on any atom is -0.428 e. The summed E-state index contributed by atoms with van der Waals surface area (Å²) in [6.45, 7) is 2.17. The monoisotopic (exact) mass is 379 g/mol. The van der Waals surface area contributed by atoms with Crippen molar-refractivity contribution in [2.45, 2.75) is 51.6 Å². The number of halogens is 4. The van der Waals surface area contributed by atoms with Crippen LogP contribution in [0, 0.1) is 11.8 Å². The molecule has 2 aromatic rings. The molecule has 2 nitrogen and oxygen atoms in total. The molecule has 0 saturated heterocycles. The van der Waals surface area contributed by atoms with E-state index in [-0.39, 0.29) is 5.75 Å². The number of aromatic nitrogens is 1. The zero-order valence-corrected chi connectivity index (χ0v) is 15.0. The lowest BCUT2D eigenvalue weighted by Crippen LogP contribution is -2.33. The SMILES string of the molecule is CCCCCCc1ccc(C#Cc2ccc(OC(F)(F)C(F)F)cc2)nc1. The summed E-state index contributed by atoms with van der Waals surface area (Å²) < 4.78 is 53.9. The molecule has 0 atom stereocenters. The van der Waals surface area contributed by atoms with Gasteiger partial charge in [-0.05, 0) is 54.7 Å². The summed E-state index contributed by atoms with van der Waals surface area (Å²) in [4.78, 5) is 4.30. The molecule has 0 bridgehead atoms. The van der Waals surface area contributed by atoms with E-state index in [9.17, 15) is 17.6 Å². The van der Waals surface area contributed by atoms with E-state index in [0.29, 0.717) is 11.3 Å². The van der Waals surface area contributed by atoms with Crippen molar-refractivity contribution in [1.29, 1.82) is 0 Å². The van der Waals surface area contributed by atoms with Crippen LogP contribution in [0.15, 0.2) is 42.6 Å². The summed E-state index contributed by atoms with van der Waals surface area (Å²) in [5.74, 6) is 5.38. The quantitative estimate of drug-likeness (QED) is 0.327. The van der Waals surface area contributed by atoms with E-state index in [1.54, 1.807) is 6.20 Å². The molecule has 6 heteroatoms. The van der Waals surface area contributed by atoms with Crippen LogP contribution < -0.4 is 4.74 Å². The molecule has 0 saturated carbocycles. The number of hydrogen-bond acceptors (Lipinski definition) is 2. The van der Waals surface area contributed by atoms with Gasteiger partial charge in [0, 0.05) is 11.8 Å². The van der Waals surface area contributed by atoms with Crippen molar-refractivity contribution in [1.82, 2.24) is 4.98 Å². The molecule has 0 aliphatic heterocycles. The van der Waals surface area contributed by atoms with Crippen molar-refractivity contribution in [3.05, 3.63) is 59.4 Å². The number of ether oxygens (including phenoxy) is 1. The van der Waals surface area contributed by atoms with Crippen LogP contribution >= 0.6 is 0 Å². The Labute approximate surface area is 156 Å². The summed E-state index contributed by atoms with van der Waals surface area (Å²) >= 11 is 0. The van der Waals surface area contributed by atoms with Crippen molar-refractivity contribution in [2.75, 3.05) is 0 Å². The molecule has 0 amide bonds. The predicted molar refractivity (Wildman–Crippen MR) is 96.1 cm³/mol. The molecule has 144 valence electrons. The minimum atomic E-state index is -4.52. The van der Waals surface area contributed by atoms with Crippen molar-refractivity contribution >= 4 is 0 Å². The van der Waals surface area contributed by atoms with Crippen LogP contribution in [0.5, 0.6) is 5.75 Å². The zero-order valence-electron chi connectivity index (χ0n) is 15.0. The second-order valence-electron chi connectivity index (χ2n) is 6.10. The highest BCUT2D eigenvalue weighted by atomic mass is 19.3. The topological polar surface area (TPSA) is 22.1 Å². The Bertz CT molecular complexity index is 762. The van der Waals surface area contributed by atoms with E-state index in [1.807, 2.05) is 12.1 Å². The third kappa shape index (κ3) is 6.93. The lowest BCUT2D eigenvalue weighted by Gasteiger charge is -2.16. The standard InChI is InChI=1S/C21H21F4NO/c1-2-3-4-5-6-17-8-12-18(26-15-17)11-7-16-9-13-19(14-10-16)27-21(24,25)20(22)23/h8-10,12-15,20H,2-6H2,1H3. The van der Waals surface area contributed by atoms with Gasteiger partial charge in [-0.3, -0.25) is 0 Å². The number of unbranched alkanes of at least 4 members (excludes halogenated alkanes) is 3. The second kappa shape index (κ2) is 9.96. The first-order valence-corrected chi connectivity index (χ1v) is 8.82. The van der Waals surface area contributed by atoms with Gasteiger partial charge in [-0.25, -0.2) is 4.98 Å². The number of aryl methyl sites for hydroxylation is 1. The van der Waals surface area contributed by atoms with Crippen LogP contribution in [0.1, 0.15) is 49.4 Å². The van der Waals surface area contributed by atoms with E-state index in [2.05, 4.69) is 28.5 Å². The summed E-state index contributed by atoms with van der Waals surface area (Å²) in [5, 5.41) is 0. The summed E-state index contributed by atoms with van der Waals surface area (Å²) in [7, 11) is 0. The number of benzene rings is 1. The van der Waals surface area contributed by atoms with E-state index in [0.717, 1.165) is 18.4 Å². The molecule has 2 rings (SSSR count). The highest BCUT2D eigenvalue weighted by molar-refractivity contribution is 5.42. The first-order chi connectivity index (χ1) is 12.9. The van der Waals surface area contributed by atoms with Gasteiger partial charge in [0.05, 0.1) is 0 Å². The van der Waals surface area contributed by atoms with Crippen LogP contribution in [-0.2, 0) is 6.42 Å². The van der Waals surface area contributed by atoms with Gasteiger partial charge in [-0.1, -0.05) is 38.2 Å². The molecule has 0 unspecified atom stereocenters. The van der Waals surface area contributed by atoms with E-state index < -0.39 is 12.5 Å². The zero-order chi connectivity index (χ0) is 19.7. The molecule has 1 aromatic heterocycles. The van der Waals surface area contributed by atoms with Crippen LogP contribution in [-0.4, -0.2) is 17.5 Å². The molecule has 0 radical (unpaired) electrons. The van der Waals surface area contributed by atoms with Crippen LogP contribution in [0.25, 0.3) is 0 Å². The maximum absolute atomic E-state index is 12.8. The highest BCUT2D eigenvalue weighted by Crippen LogP contribution is 2.27. The third-order valence-corrected chi connectivity index (χ3v) is 3.84. The second-order valence-corrected chi connectivity index (χ2v) is 6.10. The largest absolute Gasteiger partial charge is 0.461 e. The Morgan fingerprint density at radius 3 is 2.33 bits per heavy atom. The van der Waals surface area contributed by atoms with Crippen LogP contribution in [0.3, 0.4) is 0 Å². The molecule has 1 aromatic carbocycles. The Kier molecular flexibility index (Phi) is 7.66. The number of hydrogen-bond donors (Lipinski definition) is 0. The average Bonchev–Trinajstić information content (AvgIpc) is 2.65.